The Morgan fingerprint density at radius 1 is 1.00 bits per heavy atom. The van der Waals surface area contributed by atoms with Crippen LogP contribution in [-0.2, 0) is 16.1 Å². The van der Waals surface area contributed by atoms with Crippen LogP contribution in [0.1, 0.15) is 43.5 Å². The van der Waals surface area contributed by atoms with E-state index in [1.165, 1.54) is 23.5 Å². The molecule has 0 N–H and O–H groups in total. The maximum Gasteiger partial charge on any atom is 0.338 e. The maximum absolute atomic E-state index is 13.8. The SMILES string of the molecule is CCOC(=O)C1=C(C)N=c2sc(=Cc3ccc(OCc4ccc(F)cc4)c(OCC)c3)c(=O)n2[C@H]1c1ccccc1. The quantitative estimate of drug-likeness (QED) is 0.266. The number of nitrogens with zero attached hydrogens (tertiary/aromatic N) is 2. The normalized spacial score (nSPS) is 14.8. The fraction of sp³-hybridized carbons (Fsp3) is 0.219. The Kier molecular flexibility index (Phi) is 8.45. The van der Waals surface area contributed by atoms with Crippen LogP contribution in [0.5, 0.6) is 11.5 Å². The van der Waals surface area contributed by atoms with Crippen molar-refractivity contribution in [2.75, 3.05) is 13.2 Å². The van der Waals surface area contributed by atoms with Crippen LogP contribution in [-0.4, -0.2) is 23.8 Å². The zero-order chi connectivity index (χ0) is 28.9. The molecule has 0 unspecified atom stereocenters. The van der Waals surface area contributed by atoms with Crippen LogP contribution in [0.2, 0.25) is 0 Å². The molecule has 1 aliphatic heterocycles. The first-order chi connectivity index (χ1) is 19.9. The summed E-state index contributed by atoms with van der Waals surface area (Å²) in [6.07, 6.45) is 1.78. The van der Waals surface area contributed by atoms with Gasteiger partial charge in [0.05, 0.1) is 35.1 Å². The van der Waals surface area contributed by atoms with E-state index < -0.39 is 12.0 Å². The topological polar surface area (TPSA) is 79.1 Å². The molecule has 0 saturated carbocycles. The first-order valence-corrected chi connectivity index (χ1v) is 14.1. The first kappa shape index (κ1) is 28.0. The summed E-state index contributed by atoms with van der Waals surface area (Å²) in [4.78, 5) is 31.9. The largest absolute Gasteiger partial charge is 0.490 e. The number of hydrogen-bond acceptors (Lipinski definition) is 7. The molecule has 0 amide bonds. The second kappa shape index (κ2) is 12.3. The second-order valence-electron chi connectivity index (χ2n) is 9.27. The van der Waals surface area contributed by atoms with Gasteiger partial charge in [0.1, 0.15) is 12.4 Å². The molecule has 3 aromatic carbocycles. The number of thiazole rings is 1. The lowest BCUT2D eigenvalue weighted by Gasteiger charge is -2.24. The van der Waals surface area contributed by atoms with Crippen molar-refractivity contribution in [2.24, 2.45) is 4.99 Å². The Labute approximate surface area is 240 Å². The minimum Gasteiger partial charge on any atom is -0.490 e. The van der Waals surface area contributed by atoms with E-state index in [4.69, 9.17) is 14.2 Å². The molecule has 0 bridgehead atoms. The fourth-order valence-corrected chi connectivity index (χ4v) is 5.68. The van der Waals surface area contributed by atoms with E-state index in [1.54, 1.807) is 42.7 Å². The van der Waals surface area contributed by atoms with Gasteiger partial charge in [-0.1, -0.05) is 59.9 Å². The summed E-state index contributed by atoms with van der Waals surface area (Å²) in [7, 11) is 0. The Balaban J connectivity index is 1.53. The molecule has 5 rings (SSSR count). The van der Waals surface area contributed by atoms with E-state index in [0.29, 0.717) is 38.7 Å². The number of allylic oxidation sites excluding steroid dienone is 1. The van der Waals surface area contributed by atoms with Gasteiger partial charge < -0.3 is 14.2 Å². The minimum atomic E-state index is -0.658. The van der Waals surface area contributed by atoms with E-state index in [-0.39, 0.29) is 24.6 Å². The average Bonchev–Trinajstić information content (AvgIpc) is 3.27. The highest BCUT2D eigenvalue weighted by Crippen LogP contribution is 2.31. The second-order valence-corrected chi connectivity index (χ2v) is 10.3. The summed E-state index contributed by atoms with van der Waals surface area (Å²) >= 11 is 1.26. The Morgan fingerprint density at radius 2 is 1.76 bits per heavy atom. The zero-order valence-electron chi connectivity index (χ0n) is 22.9. The third kappa shape index (κ3) is 6.00. The van der Waals surface area contributed by atoms with Crippen molar-refractivity contribution in [3.8, 4) is 11.5 Å². The van der Waals surface area contributed by atoms with E-state index in [9.17, 15) is 14.0 Å². The van der Waals surface area contributed by atoms with Gasteiger partial charge >= 0.3 is 5.97 Å². The van der Waals surface area contributed by atoms with Gasteiger partial charge in [0.2, 0.25) is 0 Å². The van der Waals surface area contributed by atoms with Gasteiger partial charge in [-0.05, 0) is 67.8 Å². The smallest absolute Gasteiger partial charge is 0.338 e. The molecular weight excluding hydrogens is 543 g/mol. The van der Waals surface area contributed by atoms with Gasteiger partial charge in [-0.25, -0.2) is 14.2 Å². The number of ether oxygens (including phenoxy) is 3. The van der Waals surface area contributed by atoms with Gasteiger partial charge in [0.15, 0.2) is 16.3 Å². The van der Waals surface area contributed by atoms with Crippen molar-refractivity contribution in [1.29, 1.82) is 0 Å². The van der Waals surface area contributed by atoms with Gasteiger partial charge in [-0.15, -0.1) is 0 Å². The minimum absolute atomic E-state index is 0.216. The van der Waals surface area contributed by atoms with Crippen LogP contribution in [0.25, 0.3) is 6.08 Å². The van der Waals surface area contributed by atoms with E-state index in [2.05, 4.69) is 4.99 Å². The van der Waals surface area contributed by atoms with E-state index >= 15 is 0 Å². The molecule has 1 aromatic heterocycles. The summed E-state index contributed by atoms with van der Waals surface area (Å²) < 4.78 is 32.4. The molecule has 2 heterocycles. The Bertz CT molecular complexity index is 1780. The molecule has 0 saturated heterocycles. The number of benzene rings is 3. The van der Waals surface area contributed by atoms with E-state index in [0.717, 1.165) is 16.7 Å². The average molecular weight is 573 g/mol. The Morgan fingerprint density at radius 3 is 2.46 bits per heavy atom. The van der Waals surface area contributed by atoms with Crippen molar-refractivity contribution in [3.63, 3.8) is 0 Å². The van der Waals surface area contributed by atoms with Crippen LogP contribution < -0.4 is 24.4 Å². The summed E-state index contributed by atoms with van der Waals surface area (Å²) in [5.74, 6) is 0.266. The third-order valence-electron chi connectivity index (χ3n) is 6.51. The highest BCUT2D eigenvalue weighted by molar-refractivity contribution is 7.07. The zero-order valence-corrected chi connectivity index (χ0v) is 23.7. The summed E-state index contributed by atoms with van der Waals surface area (Å²) in [6, 6.07) is 20.3. The molecule has 4 aromatic rings. The first-order valence-electron chi connectivity index (χ1n) is 13.3. The van der Waals surface area contributed by atoms with Crippen LogP contribution in [0.4, 0.5) is 4.39 Å². The van der Waals surface area contributed by atoms with Gasteiger partial charge in [0, 0.05) is 0 Å². The Hall–Kier alpha value is -4.50. The van der Waals surface area contributed by atoms with Crippen molar-refractivity contribution in [1.82, 2.24) is 4.57 Å². The van der Waals surface area contributed by atoms with Gasteiger partial charge in [-0.2, -0.15) is 0 Å². The molecular formula is C32H29FN2O5S. The highest BCUT2D eigenvalue weighted by atomic mass is 32.1. The van der Waals surface area contributed by atoms with Crippen LogP contribution >= 0.6 is 11.3 Å². The number of carbonyl (C=O) groups is 1. The summed E-state index contributed by atoms with van der Waals surface area (Å²) in [5.41, 5.74) is 2.96. The molecule has 9 heteroatoms. The predicted octanol–water partition coefficient (Wildman–Crippen LogP) is 4.92. The van der Waals surface area contributed by atoms with E-state index in [1.807, 2.05) is 49.4 Å². The number of halogens is 1. The van der Waals surface area contributed by atoms with Crippen molar-refractivity contribution in [2.45, 2.75) is 33.4 Å². The summed E-state index contributed by atoms with van der Waals surface area (Å²) in [6.45, 7) is 6.27. The van der Waals surface area contributed by atoms with Crippen LogP contribution in [0.15, 0.2) is 93.9 Å². The lowest BCUT2D eigenvalue weighted by molar-refractivity contribution is -0.139. The van der Waals surface area contributed by atoms with Crippen molar-refractivity contribution in [3.05, 3.63) is 126 Å². The number of hydrogen-bond donors (Lipinski definition) is 0. The van der Waals surface area contributed by atoms with Crippen molar-refractivity contribution >= 4 is 23.4 Å². The molecule has 1 aliphatic rings. The monoisotopic (exact) mass is 572 g/mol. The molecule has 1 atom stereocenters. The number of rotatable bonds is 9. The fourth-order valence-electron chi connectivity index (χ4n) is 4.64. The summed E-state index contributed by atoms with van der Waals surface area (Å²) in [5, 5.41) is 0. The van der Waals surface area contributed by atoms with Gasteiger partial charge in [0.25, 0.3) is 5.56 Å². The molecule has 0 aliphatic carbocycles. The number of esters is 1. The lowest BCUT2D eigenvalue weighted by Crippen LogP contribution is -2.39. The predicted molar refractivity (Wildman–Crippen MR) is 155 cm³/mol. The maximum atomic E-state index is 13.8. The van der Waals surface area contributed by atoms with Gasteiger partial charge in [-0.3, -0.25) is 9.36 Å². The lowest BCUT2D eigenvalue weighted by atomic mass is 9.96. The third-order valence-corrected chi connectivity index (χ3v) is 7.49. The number of carbonyl (C=O) groups excluding carboxylic acids is 1. The number of fused-ring (bicyclic) bond motifs is 1. The highest BCUT2D eigenvalue weighted by Gasteiger charge is 2.33. The van der Waals surface area contributed by atoms with Crippen molar-refractivity contribution < 1.29 is 23.4 Å². The molecule has 210 valence electrons. The molecule has 0 fully saturated rings. The van der Waals surface area contributed by atoms with Crippen LogP contribution in [0.3, 0.4) is 0 Å². The molecule has 0 radical (unpaired) electrons. The standard InChI is InChI=1S/C32H29FN2O5S/c1-4-38-26-17-22(13-16-25(26)40-19-21-11-14-24(33)15-12-21)18-27-30(36)35-29(23-9-7-6-8-10-23)28(31(37)39-5-2)20(3)34-32(35)41-27/h6-18,29H,4-5,19H2,1-3H3/t29-/m0/s1. The molecule has 7 nitrogen and oxygen atoms in total. The van der Waals surface area contributed by atoms with Crippen LogP contribution in [0, 0.1) is 5.82 Å². The molecule has 41 heavy (non-hydrogen) atoms. The number of aromatic nitrogens is 1. The molecule has 0 spiro atoms.